The maximum Gasteiger partial charge on any atom is 0.270 e. The smallest absolute Gasteiger partial charge is 0.270 e. The lowest BCUT2D eigenvalue weighted by molar-refractivity contribution is -0.126. The van der Waals surface area contributed by atoms with Gasteiger partial charge in [0.05, 0.1) is 11.9 Å². The molecule has 0 aliphatic heterocycles. The van der Waals surface area contributed by atoms with Crippen molar-refractivity contribution in [2.45, 2.75) is 45.1 Å². The van der Waals surface area contributed by atoms with Crippen LogP contribution in [0.3, 0.4) is 0 Å². The van der Waals surface area contributed by atoms with Gasteiger partial charge in [0.2, 0.25) is 5.91 Å². The van der Waals surface area contributed by atoms with Gasteiger partial charge in [-0.15, -0.1) is 0 Å². The van der Waals surface area contributed by atoms with E-state index >= 15 is 0 Å². The summed E-state index contributed by atoms with van der Waals surface area (Å²) in [7, 11) is 0. The van der Waals surface area contributed by atoms with Crippen LogP contribution < -0.4 is 11.1 Å². The summed E-state index contributed by atoms with van der Waals surface area (Å²) in [6.45, 7) is 4.34. The van der Waals surface area contributed by atoms with Gasteiger partial charge in [-0.25, -0.2) is 4.68 Å². The zero-order valence-electron chi connectivity index (χ0n) is 14.7. The number of aromatic nitrogens is 2. The number of hydrogen-bond donors (Lipinski definition) is 2. The first-order valence-corrected chi connectivity index (χ1v) is 8.55. The Morgan fingerprint density at radius 2 is 1.72 bits per heavy atom. The zero-order chi connectivity index (χ0) is 18.1. The number of hydrogen-bond acceptors (Lipinski definition) is 3. The standard InChI is InChI=1S/C19H24N4O2/c1-18(2)9-11-19(12-10-18,17(20)25)22-16(24)15-8-13-21-23(15)14-6-4-3-5-7-14/h3-8,13H,9-12H2,1-2H3,(H2,20,25)(H,22,24). The van der Waals surface area contributed by atoms with Crippen molar-refractivity contribution in [3.05, 3.63) is 48.3 Å². The van der Waals surface area contributed by atoms with E-state index in [-0.39, 0.29) is 11.3 Å². The van der Waals surface area contributed by atoms with Crippen LogP contribution in [0.4, 0.5) is 0 Å². The molecule has 6 nitrogen and oxygen atoms in total. The molecule has 2 aromatic rings. The third kappa shape index (κ3) is 3.43. The Hall–Kier alpha value is -2.63. The van der Waals surface area contributed by atoms with Crippen LogP contribution in [0.2, 0.25) is 0 Å². The van der Waals surface area contributed by atoms with E-state index in [9.17, 15) is 9.59 Å². The molecule has 3 rings (SSSR count). The molecule has 3 N–H and O–H groups in total. The van der Waals surface area contributed by atoms with Gasteiger partial charge in [-0.05, 0) is 49.3 Å². The monoisotopic (exact) mass is 340 g/mol. The number of benzene rings is 1. The fourth-order valence-electron chi connectivity index (χ4n) is 3.32. The van der Waals surface area contributed by atoms with Crippen molar-refractivity contribution in [1.82, 2.24) is 15.1 Å². The molecule has 1 heterocycles. The van der Waals surface area contributed by atoms with E-state index in [1.54, 1.807) is 16.9 Å². The minimum Gasteiger partial charge on any atom is -0.368 e. The van der Waals surface area contributed by atoms with Crippen LogP contribution in [0.1, 0.15) is 50.0 Å². The molecule has 0 bridgehead atoms. The van der Waals surface area contributed by atoms with Gasteiger partial charge in [0, 0.05) is 0 Å². The largest absolute Gasteiger partial charge is 0.368 e. The number of carbonyl (C=O) groups is 2. The molecular formula is C19H24N4O2. The highest BCUT2D eigenvalue weighted by atomic mass is 16.2. The summed E-state index contributed by atoms with van der Waals surface area (Å²) in [5.74, 6) is -0.804. The topological polar surface area (TPSA) is 90.0 Å². The van der Waals surface area contributed by atoms with Gasteiger partial charge >= 0.3 is 0 Å². The Kier molecular flexibility index (Phi) is 4.37. The maximum absolute atomic E-state index is 12.9. The van der Waals surface area contributed by atoms with Crippen molar-refractivity contribution in [1.29, 1.82) is 0 Å². The molecule has 25 heavy (non-hydrogen) atoms. The van der Waals surface area contributed by atoms with Crippen molar-refractivity contribution >= 4 is 11.8 Å². The average Bonchev–Trinajstić information content (AvgIpc) is 3.07. The van der Waals surface area contributed by atoms with Crippen LogP contribution in [-0.2, 0) is 4.79 Å². The van der Waals surface area contributed by atoms with Crippen molar-refractivity contribution < 1.29 is 9.59 Å². The highest BCUT2D eigenvalue weighted by Crippen LogP contribution is 2.40. The summed E-state index contributed by atoms with van der Waals surface area (Å²) in [5, 5.41) is 7.14. The number of carbonyl (C=O) groups excluding carboxylic acids is 2. The normalized spacial score (nSPS) is 18.5. The van der Waals surface area contributed by atoms with Crippen LogP contribution >= 0.6 is 0 Å². The fourth-order valence-corrected chi connectivity index (χ4v) is 3.32. The Labute approximate surface area is 147 Å². The molecular weight excluding hydrogens is 316 g/mol. The van der Waals surface area contributed by atoms with Crippen molar-refractivity contribution in [2.24, 2.45) is 11.1 Å². The van der Waals surface area contributed by atoms with E-state index in [1.807, 2.05) is 30.3 Å². The number of primary amides is 1. The Balaban J connectivity index is 1.85. The summed E-state index contributed by atoms with van der Waals surface area (Å²) in [6.07, 6.45) is 4.37. The quantitative estimate of drug-likeness (QED) is 0.895. The number of amides is 2. The Morgan fingerprint density at radius 3 is 2.32 bits per heavy atom. The second-order valence-electron chi connectivity index (χ2n) is 7.53. The first kappa shape index (κ1) is 17.2. The van der Waals surface area contributed by atoms with E-state index in [2.05, 4.69) is 24.3 Å². The third-order valence-corrected chi connectivity index (χ3v) is 5.16. The SMILES string of the molecule is CC1(C)CCC(NC(=O)c2ccnn2-c2ccccc2)(C(N)=O)CC1. The lowest BCUT2D eigenvalue weighted by Crippen LogP contribution is -2.60. The highest BCUT2D eigenvalue weighted by molar-refractivity contribution is 5.98. The van der Waals surface area contributed by atoms with Gasteiger partial charge in [0.15, 0.2) is 0 Å². The molecule has 0 radical (unpaired) electrons. The van der Waals surface area contributed by atoms with Gasteiger partial charge in [-0.1, -0.05) is 32.0 Å². The predicted octanol–water partition coefficient (Wildman–Crippen LogP) is 2.43. The Morgan fingerprint density at radius 1 is 1.08 bits per heavy atom. The highest BCUT2D eigenvalue weighted by Gasteiger charge is 2.44. The molecule has 0 unspecified atom stereocenters. The second-order valence-corrected chi connectivity index (χ2v) is 7.53. The average molecular weight is 340 g/mol. The molecule has 0 saturated heterocycles. The van der Waals surface area contributed by atoms with Crippen LogP contribution in [0.5, 0.6) is 0 Å². The summed E-state index contributed by atoms with van der Waals surface area (Å²) < 4.78 is 1.57. The fraction of sp³-hybridized carbons (Fsp3) is 0.421. The summed E-state index contributed by atoms with van der Waals surface area (Å²) in [5.41, 5.74) is 6.01. The van der Waals surface area contributed by atoms with E-state index in [1.165, 1.54) is 0 Å². The molecule has 1 saturated carbocycles. The van der Waals surface area contributed by atoms with E-state index in [0.29, 0.717) is 18.5 Å². The van der Waals surface area contributed by atoms with Gasteiger partial charge < -0.3 is 11.1 Å². The van der Waals surface area contributed by atoms with Crippen molar-refractivity contribution in [3.63, 3.8) is 0 Å². The number of para-hydroxylation sites is 1. The Bertz CT molecular complexity index is 770. The maximum atomic E-state index is 12.9. The molecule has 132 valence electrons. The van der Waals surface area contributed by atoms with Crippen molar-refractivity contribution in [2.75, 3.05) is 0 Å². The molecule has 1 fully saturated rings. The number of nitrogens with one attached hydrogen (secondary N) is 1. The van der Waals surface area contributed by atoms with Gasteiger partial charge in [0.25, 0.3) is 5.91 Å². The summed E-state index contributed by atoms with van der Waals surface area (Å²) in [6, 6.07) is 11.1. The number of nitrogens with two attached hydrogens (primary N) is 1. The summed E-state index contributed by atoms with van der Waals surface area (Å²) >= 11 is 0. The second kappa shape index (κ2) is 6.35. The lowest BCUT2D eigenvalue weighted by Gasteiger charge is -2.41. The van der Waals surface area contributed by atoms with E-state index in [0.717, 1.165) is 18.5 Å². The van der Waals surface area contributed by atoms with Gasteiger partial charge in [-0.3, -0.25) is 9.59 Å². The lowest BCUT2D eigenvalue weighted by atomic mass is 9.69. The van der Waals surface area contributed by atoms with E-state index < -0.39 is 11.4 Å². The number of rotatable bonds is 4. The van der Waals surface area contributed by atoms with Gasteiger partial charge in [-0.2, -0.15) is 5.10 Å². The van der Waals surface area contributed by atoms with E-state index in [4.69, 9.17) is 5.73 Å². The van der Waals surface area contributed by atoms with Crippen LogP contribution in [0, 0.1) is 5.41 Å². The predicted molar refractivity (Wildman–Crippen MR) is 95.2 cm³/mol. The molecule has 1 aromatic heterocycles. The summed E-state index contributed by atoms with van der Waals surface area (Å²) in [4.78, 5) is 25.0. The molecule has 1 aromatic carbocycles. The minimum absolute atomic E-state index is 0.162. The molecule has 1 aliphatic rings. The van der Waals surface area contributed by atoms with Crippen molar-refractivity contribution in [3.8, 4) is 5.69 Å². The molecule has 6 heteroatoms. The molecule has 1 aliphatic carbocycles. The zero-order valence-corrected chi connectivity index (χ0v) is 14.7. The third-order valence-electron chi connectivity index (χ3n) is 5.16. The molecule has 2 amide bonds. The first-order chi connectivity index (χ1) is 11.8. The molecule has 0 spiro atoms. The molecule has 0 atom stereocenters. The minimum atomic E-state index is -0.988. The van der Waals surface area contributed by atoms with Crippen LogP contribution in [0.15, 0.2) is 42.6 Å². The van der Waals surface area contributed by atoms with Gasteiger partial charge in [0.1, 0.15) is 11.2 Å². The van der Waals surface area contributed by atoms with Crippen LogP contribution in [0.25, 0.3) is 5.69 Å². The number of nitrogens with zero attached hydrogens (tertiary/aromatic N) is 2. The first-order valence-electron chi connectivity index (χ1n) is 8.55. The van der Waals surface area contributed by atoms with Crippen LogP contribution in [-0.4, -0.2) is 27.1 Å².